The van der Waals surface area contributed by atoms with E-state index < -0.39 is 0 Å². The van der Waals surface area contributed by atoms with Crippen LogP contribution in [0.3, 0.4) is 0 Å². The van der Waals surface area contributed by atoms with Crippen molar-refractivity contribution in [2.75, 3.05) is 60.1 Å². The second-order valence-electron chi connectivity index (χ2n) is 7.17. The third-order valence-corrected chi connectivity index (χ3v) is 5.22. The Morgan fingerprint density at radius 2 is 2.00 bits per heavy atom. The molecule has 2 aliphatic rings. The maximum absolute atomic E-state index is 12.5. The van der Waals surface area contributed by atoms with Gasteiger partial charge in [0.1, 0.15) is 17.6 Å². The van der Waals surface area contributed by atoms with Crippen LogP contribution in [0.1, 0.15) is 19.3 Å². The highest BCUT2D eigenvalue weighted by molar-refractivity contribution is 5.82. The summed E-state index contributed by atoms with van der Waals surface area (Å²) in [4.78, 5) is 21.0. The molecule has 1 atom stereocenters. The van der Waals surface area contributed by atoms with E-state index in [1.165, 1.54) is 0 Å². The van der Waals surface area contributed by atoms with Crippen LogP contribution in [0, 0.1) is 0 Å². The highest BCUT2D eigenvalue weighted by Crippen LogP contribution is 2.19. The molecule has 2 fully saturated rings. The smallest absolute Gasteiger partial charge is 0.251 e. The molecule has 160 valence electrons. The minimum absolute atomic E-state index is 0.139. The number of ether oxygens (including phenoxy) is 3. The number of hydrogen-bond donors (Lipinski definition) is 1. The Morgan fingerprint density at radius 3 is 2.69 bits per heavy atom. The van der Waals surface area contributed by atoms with E-state index in [2.05, 4.69) is 15.2 Å². The standard InChI is InChI=1S/C21H32N4O4/c1-22-21(23-9-5-15-28-18-7-3-6-17(16-18)27-2)25-12-10-24(11-13-25)20(26)19-8-4-14-29-19/h3,6-7,16,19H,4-5,8-15H2,1-2H3,(H,22,23). The Labute approximate surface area is 172 Å². The lowest BCUT2D eigenvalue weighted by Gasteiger charge is -2.37. The highest BCUT2D eigenvalue weighted by Gasteiger charge is 2.30. The molecule has 0 spiro atoms. The number of hydrogen-bond acceptors (Lipinski definition) is 5. The van der Waals surface area contributed by atoms with Gasteiger partial charge in [-0.3, -0.25) is 9.79 Å². The molecule has 29 heavy (non-hydrogen) atoms. The summed E-state index contributed by atoms with van der Waals surface area (Å²) in [7, 11) is 3.44. The molecular weight excluding hydrogens is 372 g/mol. The fourth-order valence-corrected chi connectivity index (χ4v) is 3.60. The van der Waals surface area contributed by atoms with E-state index >= 15 is 0 Å². The summed E-state index contributed by atoms with van der Waals surface area (Å²) in [6, 6.07) is 7.61. The van der Waals surface area contributed by atoms with Gasteiger partial charge in [-0.15, -0.1) is 0 Å². The molecule has 2 heterocycles. The van der Waals surface area contributed by atoms with E-state index in [1.54, 1.807) is 14.2 Å². The number of benzene rings is 1. The molecule has 1 aromatic carbocycles. The highest BCUT2D eigenvalue weighted by atomic mass is 16.5. The number of guanidine groups is 1. The Balaban J connectivity index is 1.34. The molecular formula is C21H32N4O4. The number of rotatable bonds is 7. The quantitative estimate of drug-likeness (QED) is 0.420. The Hall–Kier alpha value is -2.48. The van der Waals surface area contributed by atoms with Crippen LogP contribution in [0.25, 0.3) is 0 Å². The first-order valence-electron chi connectivity index (χ1n) is 10.3. The van der Waals surface area contributed by atoms with Crippen LogP contribution in [0.4, 0.5) is 0 Å². The second-order valence-corrected chi connectivity index (χ2v) is 7.17. The van der Waals surface area contributed by atoms with Gasteiger partial charge < -0.3 is 29.3 Å². The van der Waals surface area contributed by atoms with E-state index in [0.29, 0.717) is 26.3 Å². The number of nitrogens with one attached hydrogen (secondary N) is 1. The van der Waals surface area contributed by atoms with Crippen molar-refractivity contribution in [3.05, 3.63) is 24.3 Å². The molecule has 1 amide bonds. The summed E-state index contributed by atoms with van der Waals surface area (Å²) in [5.74, 6) is 2.61. The van der Waals surface area contributed by atoms with E-state index in [0.717, 1.165) is 56.4 Å². The number of nitrogens with zero attached hydrogens (tertiary/aromatic N) is 3. The first kappa shape index (κ1) is 21.2. The third-order valence-electron chi connectivity index (χ3n) is 5.22. The second kappa shape index (κ2) is 10.9. The summed E-state index contributed by atoms with van der Waals surface area (Å²) in [6.45, 7) is 5.05. The van der Waals surface area contributed by atoms with Gasteiger partial charge in [-0.1, -0.05) is 6.07 Å². The fraction of sp³-hybridized carbons (Fsp3) is 0.619. The van der Waals surface area contributed by atoms with Crippen molar-refractivity contribution in [2.24, 2.45) is 4.99 Å². The molecule has 2 saturated heterocycles. The van der Waals surface area contributed by atoms with Gasteiger partial charge in [-0.2, -0.15) is 0 Å². The predicted octanol–water partition coefficient (Wildman–Crippen LogP) is 1.36. The van der Waals surface area contributed by atoms with Crippen molar-refractivity contribution in [2.45, 2.75) is 25.4 Å². The van der Waals surface area contributed by atoms with Crippen molar-refractivity contribution in [1.29, 1.82) is 0 Å². The van der Waals surface area contributed by atoms with Crippen molar-refractivity contribution < 1.29 is 19.0 Å². The zero-order valence-corrected chi connectivity index (χ0v) is 17.4. The average Bonchev–Trinajstić information content (AvgIpc) is 3.31. The van der Waals surface area contributed by atoms with Gasteiger partial charge in [0.05, 0.1) is 13.7 Å². The molecule has 1 aromatic rings. The first-order valence-corrected chi connectivity index (χ1v) is 10.3. The molecule has 8 nitrogen and oxygen atoms in total. The summed E-state index contributed by atoms with van der Waals surface area (Å²) in [5.41, 5.74) is 0. The topological polar surface area (TPSA) is 75.6 Å². The maximum Gasteiger partial charge on any atom is 0.251 e. The molecule has 8 heteroatoms. The summed E-state index contributed by atoms with van der Waals surface area (Å²) in [6.07, 6.45) is 2.45. The van der Waals surface area contributed by atoms with Gasteiger partial charge in [-0.05, 0) is 31.4 Å². The molecule has 3 rings (SSSR count). The van der Waals surface area contributed by atoms with Crippen molar-refractivity contribution in [3.63, 3.8) is 0 Å². The summed E-state index contributed by atoms with van der Waals surface area (Å²) < 4.78 is 16.5. The third kappa shape index (κ3) is 6.00. The van der Waals surface area contributed by atoms with E-state index in [9.17, 15) is 4.79 Å². The van der Waals surface area contributed by atoms with Crippen LogP contribution >= 0.6 is 0 Å². The maximum atomic E-state index is 12.5. The zero-order valence-electron chi connectivity index (χ0n) is 17.4. The van der Waals surface area contributed by atoms with Gasteiger partial charge in [0.25, 0.3) is 5.91 Å². The van der Waals surface area contributed by atoms with Gasteiger partial charge >= 0.3 is 0 Å². The Bertz CT molecular complexity index is 683. The minimum Gasteiger partial charge on any atom is -0.497 e. The number of aliphatic imine (C=N–C) groups is 1. The number of amides is 1. The zero-order chi connectivity index (χ0) is 20.5. The molecule has 2 aliphatic heterocycles. The van der Waals surface area contributed by atoms with Crippen molar-refractivity contribution >= 4 is 11.9 Å². The largest absolute Gasteiger partial charge is 0.497 e. The molecule has 0 aliphatic carbocycles. The van der Waals surface area contributed by atoms with Crippen LogP contribution in [0.15, 0.2) is 29.3 Å². The molecule has 1 unspecified atom stereocenters. The molecule has 0 saturated carbocycles. The normalized spacial score (nSPS) is 19.9. The van der Waals surface area contributed by atoms with Crippen LogP contribution in [-0.4, -0.2) is 87.9 Å². The van der Waals surface area contributed by atoms with Gasteiger partial charge in [0.2, 0.25) is 0 Å². The van der Waals surface area contributed by atoms with Crippen LogP contribution < -0.4 is 14.8 Å². The lowest BCUT2D eigenvalue weighted by atomic mass is 10.2. The summed E-state index contributed by atoms with van der Waals surface area (Å²) in [5, 5.41) is 3.39. The van der Waals surface area contributed by atoms with E-state index in [4.69, 9.17) is 14.2 Å². The van der Waals surface area contributed by atoms with Crippen molar-refractivity contribution in [3.8, 4) is 11.5 Å². The van der Waals surface area contributed by atoms with Gasteiger partial charge in [0.15, 0.2) is 5.96 Å². The molecule has 0 radical (unpaired) electrons. The van der Waals surface area contributed by atoms with Crippen LogP contribution in [0.5, 0.6) is 11.5 Å². The molecule has 0 aromatic heterocycles. The van der Waals surface area contributed by atoms with E-state index in [-0.39, 0.29) is 12.0 Å². The number of methoxy groups -OCH3 is 1. The number of piperazine rings is 1. The predicted molar refractivity (Wildman–Crippen MR) is 112 cm³/mol. The minimum atomic E-state index is -0.233. The lowest BCUT2D eigenvalue weighted by molar-refractivity contribution is -0.142. The monoisotopic (exact) mass is 404 g/mol. The Morgan fingerprint density at radius 1 is 1.24 bits per heavy atom. The summed E-state index contributed by atoms with van der Waals surface area (Å²) >= 11 is 0. The van der Waals surface area contributed by atoms with Crippen LogP contribution in [-0.2, 0) is 9.53 Å². The fourth-order valence-electron chi connectivity index (χ4n) is 3.60. The average molecular weight is 405 g/mol. The first-order chi connectivity index (χ1) is 14.2. The molecule has 1 N–H and O–H groups in total. The van der Waals surface area contributed by atoms with Crippen LogP contribution in [0.2, 0.25) is 0 Å². The Kier molecular flexibility index (Phi) is 7.98. The lowest BCUT2D eigenvalue weighted by Crippen LogP contribution is -2.55. The van der Waals surface area contributed by atoms with Crippen molar-refractivity contribution in [1.82, 2.24) is 15.1 Å². The molecule has 0 bridgehead atoms. The number of carbonyl (C=O) groups is 1. The van der Waals surface area contributed by atoms with Gasteiger partial charge in [-0.25, -0.2) is 0 Å². The SMILES string of the molecule is CN=C(NCCCOc1cccc(OC)c1)N1CCN(C(=O)C2CCCO2)CC1. The van der Waals surface area contributed by atoms with E-state index in [1.807, 2.05) is 29.2 Å². The number of carbonyl (C=O) groups excluding carboxylic acids is 1. The van der Waals surface area contributed by atoms with Gasteiger partial charge in [0, 0.05) is 52.4 Å².